The van der Waals surface area contributed by atoms with Crippen molar-refractivity contribution < 1.29 is 9.53 Å². The van der Waals surface area contributed by atoms with Crippen molar-refractivity contribution in [1.82, 2.24) is 10.3 Å². The van der Waals surface area contributed by atoms with Gasteiger partial charge in [0.15, 0.2) is 0 Å². The number of hydrogen-bond acceptors (Lipinski definition) is 3. The first kappa shape index (κ1) is 14.0. The quantitative estimate of drug-likeness (QED) is 0.856. The van der Waals surface area contributed by atoms with Crippen LogP contribution in [0.4, 0.5) is 0 Å². The molecule has 2 rings (SSSR count). The average molecular weight is 262 g/mol. The minimum absolute atomic E-state index is 0.0542. The van der Waals surface area contributed by atoms with Gasteiger partial charge < -0.3 is 10.1 Å². The summed E-state index contributed by atoms with van der Waals surface area (Å²) in [5.74, 6) is 0.0868. The van der Waals surface area contributed by atoms with E-state index in [0.29, 0.717) is 13.2 Å². The summed E-state index contributed by atoms with van der Waals surface area (Å²) in [5.41, 5.74) is 0.722. The SMILES string of the molecule is CCCC[C@H](NC(=O)C1(C)COC1)c1cccnc1. The van der Waals surface area contributed by atoms with Gasteiger partial charge in [0, 0.05) is 12.4 Å². The second-order valence-corrected chi connectivity index (χ2v) is 5.51. The Balaban J connectivity index is 2.03. The Kier molecular flexibility index (Phi) is 4.53. The normalized spacial score (nSPS) is 18.4. The predicted molar refractivity (Wildman–Crippen MR) is 73.6 cm³/mol. The second-order valence-electron chi connectivity index (χ2n) is 5.51. The van der Waals surface area contributed by atoms with Crippen LogP contribution in [0.15, 0.2) is 24.5 Å². The van der Waals surface area contributed by atoms with E-state index in [1.165, 1.54) is 0 Å². The first-order valence-electron chi connectivity index (χ1n) is 6.94. The fourth-order valence-electron chi connectivity index (χ4n) is 2.18. The minimum Gasteiger partial charge on any atom is -0.379 e. The van der Waals surface area contributed by atoms with Gasteiger partial charge in [-0.2, -0.15) is 0 Å². The Morgan fingerprint density at radius 1 is 1.58 bits per heavy atom. The molecule has 1 saturated heterocycles. The second kappa shape index (κ2) is 6.15. The molecule has 0 bridgehead atoms. The summed E-state index contributed by atoms with van der Waals surface area (Å²) < 4.78 is 5.15. The summed E-state index contributed by atoms with van der Waals surface area (Å²) in [7, 11) is 0. The van der Waals surface area contributed by atoms with Gasteiger partial charge in [0.1, 0.15) is 0 Å². The van der Waals surface area contributed by atoms with Crippen molar-refractivity contribution in [2.45, 2.75) is 39.2 Å². The van der Waals surface area contributed by atoms with Crippen LogP contribution in [-0.4, -0.2) is 24.1 Å². The highest BCUT2D eigenvalue weighted by atomic mass is 16.5. The third kappa shape index (κ3) is 3.32. The molecule has 0 spiro atoms. The van der Waals surface area contributed by atoms with Crippen molar-refractivity contribution in [3.05, 3.63) is 30.1 Å². The lowest BCUT2D eigenvalue weighted by Gasteiger charge is -2.37. The van der Waals surface area contributed by atoms with Crippen molar-refractivity contribution in [2.24, 2.45) is 5.41 Å². The van der Waals surface area contributed by atoms with E-state index in [1.807, 2.05) is 25.3 Å². The third-order valence-electron chi connectivity index (χ3n) is 3.63. The zero-order chi connectivity index (χ0) is 13.7. The Bertz CT molecular complexity index is 415. The van der Waals surface area contributed by atoms with Crippen LogP contribution in [-0.2, 0) is 9.53 Å². The molecular formula is C15H22N2O2. The van der Waals surface area contributed by atoms with Crippen LogP contribution in [0, 0.1) is 5.41 Å². The van der Waals surface area contributed by atoms with E-state index >= 15 is 0 Å². The number of nitrogens with zero attached hydrogens (tertiary/aromatic N) is 1. The van der Waals surface area contributed by atoms with Crippen molar-refractivity contribution in [1.29, 1.82) is 0 Å². The van der Waals surface area contributed by atoms with E-state index in [1.54, 1.807) is 6.20 Å². The van der Waals surface area contributed by atoms with Gasteiger partial charge >= 0.3 is 0 Å². The molecule has 0 unspecified atom stereocenters. The molecule has 1 atom stereocenters. The first-order valence-corrected chi connectivity index (χ1v) is 6.94. The van der Waals surface area contributed by atoms with Gasteiger partial charge in [-0.05, 0) is 25.0 Å². The van der Waals surface area contributed by atoms with Crippen molar-refractivity contribution >= 4 is 5.91 Å². The molecule has 1 aromatic rings. The topological polar surface area (TPSA) is 51.2 Å². The van der Waals surface area contributed by atoms with Gasteiger partial charge in [-0.1, -0.05) is 25.8 Å². The number of rotatable bonds is 6. The van der Waals surface area contributed by atoms with Crippen LogP contribution in [0.25, 0.3) is 0 Å². The molecule has 1 fully saturated rings. The number of ether oxygens (including phenoxy) is 1. The summed E-state index contributed by atoms with van der Waals surface area (Å²) >= 11 is 0. The maximum Gasteiger partial charge on any atom is 0.231 e. The summed E-state index contributed by atoms with van der Waals surface area (Å²) in [6.07, 6.45) is 6.74. The average Bonchev–Trinajstić information content (AvgIpc) is 2.41. The molecule has 1 aliphatic rings. The largest absolute Gasteiger partial charge is 0.379 e. The molecule has 1 aliphatic heterocycles. The van der Waals surface area contributed by atoms with Crippen molar-refractivity contribution in [2.75, 3.05) is 13.2 Å². The van der Waals surface area contributed by atoms with Gasteiger partial charge in [0.05, 0.1) is 24.7 Å². The molecule has 0 aliphatic carbocycles. The number of carbonyl (C=O) groups is 1. The number of nitrogens with one attached hydrogen (secondary N) is 1. The summed E-state index contributed by atoms with van der Waals surface area (Å²) in [6.45, 7) is 5.15. The van der Waals surface area contributed by atoms with Gasteiger partial charge in [0.25, 0.3) is 0 Å². The maximum atomic E-state index is 12.3. The highest BCUT2D eigenvalue weighted by Crippen LogP contribution is 2.28. The lowest BCUT2D eigenvalue weighted by Crippen LogP contribution is -2.52. The fraction of sp³-hybridized carbons (Fsp3) is 0.600. The van der Waals surface area contributed by atoms with Crippen LogP contribution in [0.5, 0.6) is 0 Å². The highest BCUT2D eigenvalue weighted by molar-refractivity contribution is 5.83. The highest BCUT2D eigenvalue weighted by Gasteiger charge is 2.41. The fourth-order valence-corrected chi connectivity index (χ4v) is 2.18. The standard InChI is InChI=1S/C15H22N2O2/c1-3-4-7-13(12-6-5-8-16-9-12)17-14(18)15(2)10-19-11-15/h5-6,8-9,13H,3-4,7,10-11H2,1-2H3,(H,17,18)/t13-/m0/s1. The Morgan fingerprint density at radius 3 is 2.89 bits per heavy atom. The molecule has 1 N–H and O–H groups in total. The molecule has 4 heteroatoms. The molecule has 1 aromatic heterocycles. The molecule has 19 heavy (non-hydrogen) atoms. The van der Waals surface area contributed by atoms with E-state index in [4.69, 9.17) is 4.74 Å². The molecule has 104 valence electrons. The van der Waals surface area contributed by atoms with Crippen molar-refractivity contribution in [3.63, 3.8) is 0 Å². The number of aromatic nitrogens is 1. The zero-order valence-corrected chi connectivity index (χ0v) is 11.7. The van der Waals surface area contributed by atoms with Gasteiger partial charge in [-0.25, -0.2) is 0 Å². The number of amides is 1. The van der Waals surface area contributed by atoms with Crippen LogP contribution >= 0.6 is 0 Å². The monoisotopic (exact) mass is 262 g/mol. The predicted octanol–water partition coefficient (Wildman–Crippen LogP) is 2.47. The first-order chi connectivity index (χ1) is 9.15. The molecule has 0 radical (unpaired) electrons. The van der Waals surface area contributed by atoms with E-state index in [9.17, 15) is 4.79 Å². The number of carbonyl (C=O) groups excluding carboxylic acids is 1. The number of pyridine rings is 1. The molecular weight excluding hydrogens is 240 g/mol. The van der Waals surface area contributed by atoms with Gasteiger partial charge in [-0.15, -0.1) is 0 Å². The third-order valence-corrected chi connectivity index (χ3v) is 3.63. The minimum atomic E-state index is -0.354. The smallest absolute Gasteiger partial charge is 0.231 e. The van der Waals surface area contributed by atoms with E-state index < -0.39 is 0 Å². The zero-order valence-electron chi connectivity index (χ0n) is 11.7. The Labute approximate surface area is 114 Å². The van der Waals surface area contributed by atoms with E-state index in [2.05, 4.69) is 17.2 Å². The van der Waals surface area contributed by atoms with Gasteiger partial charge in [-0.3, -0.25) is 9.78 Å². The number of hydrogen-bond donors (Lipinski definition) is 1. The molecule has 0 aromatic carbocycles. The van der Waals surface area contributed by atoms with Crippen LogP contribution in [0.2, 0.25) is 0 Å². The van der Waals surface area contributed by atoms with Crippen LogP contribution in [0.3, 0.4) is 0 Å². The molecule has 4 nitrogen and oxygen atoms in total. The molecule has 0 saturated carbocycles. The molecule has 2 heterocycles. The number of unbranched alkanes of at least 4 members (excludes halogenated alkanes) is 1. The Morgan fingerprint density at radius 2 is 2.37 bits per heavy atom. The van der Waals surface area contributed by atoms with E-state index in [-0.39, 0.29) is 17.4 Å². The molecule has 1 amide bonds. The van der Waals surface area contributed by atoms with Crippen molar-refractivity contribution in [3.8, 4) is 0 Å². The Hall–Kier alpha value is -1.42. The van der Waals surface area contributed by atoms with Crippen LogP contribution in [0.1, 0.15) is 44.7 Å². The van der Waals surface area contributed by atoms with Crippen LogP contribution < -0.4 is 5.32 Å². The summed E-state index contributed by atoms with van der Waals surface area (Å²) in [4.78, 5) is 16.4. The summed E-state index contributed by atoms with van der Waals surface area (Å²) in [6, 6.07) is 3.99. The summed E-state index contributed by atoms with van der Waals surface area (Å²) in [5, 5.41) is 3.15. The van der Waals surface area contributed by atoms with Gasteiger partial charge in [0.2, 0.25) is 5.91 Å². The maximum absolute atomic E-state index is 12.3. The lowest BCUT2D eigenvalue weighted by atomic mass is 9.87. The lowest BCUT2D eigenvalue weighted by molar-refractivity contribution is -0.158. The van der Waals surface area contributed by atoms with E-state index in [0.717, 1.165) is 24.8 Å².